The Bertz CT molecular complexity index is 221. The van der Waals surface area contributed by atoms with Gasteiger partial charge in [-0.05, 0) is 46.3 Å². The van der Waals surface area contributed by atoms with E-state index in [4.69, 9.17) is 4.74 Å². The fraction of sp³-hybridized carbons (Fsp3) is 0.917. The van der Waals surface area contributed by atoms with Gasteiger partial charge in [0.05, 0.1) is 13.0 Å². The summed E-state index contributed by atoms with van der Waals surface area (Å²) >= 11 is 0. The maximum Gasteiger partial charge on any atom is 0.307 e. The van der Waals surface area contributed by atoms with Gasteiger partial charge in [-0.25, -0.2) is 0 Å². The molecule has 1 fully saturated rings. The molecule has 0 bridgehead atoms. The highest BCUT2D eigenvalue weighted by Gasteiger charge is 2.26. The summed E-state index contributed by atoms with van der Waals surface area (Å²) in [5, 5.41) is 3.21. The molecule has 1 aliphatic rings. The molecule has 1 saturated heterocycles. The van der Waals surface area contributed by atoms with Crippen LogP contribution in [-0.4, -0.2) is 50.2 Å². The quantitative estimate of drug-likeness (QED) is 0.685. The zero-order chi connectivity index (χ0) is 12.0. The van der Waals surface area contributed by atoms with E-state index < -0.39 is 0 Å². The zero-order valence-electron chi connectivity index (χ0n) is 10.7. The Morgan fingerprint density at radius 3 is 3.00 bits per heavy atom. The number of likely N-dealkylation sites (tertiary alicyclic amines) is 1. The molecular formula is C12H24N2O2. The largest absolute Gasteiger partial charge is 0.466 e. The first-order chi connectivity index (χ1) is 7.67. The van der Waals surface area contributed by atoms with Crippen LogP contribution in [0.25, 0.3) is 0 Å². The molecule has 1 aliphatic heterocycles. The van der Waals surface area contributed by atoms with Gasteiger partial charge in [0.1, 0.15) is 0 Å². The molecule has 0 aromatic carbocycles. The van der Waals surface area contributed by atoms with Crippen LogP contribution in [0.4, 0.5) is 0 Å². The predicted molar refractivity (Wildman–Crippen MR) is 64.3 cm³/mol. The third kappa shape index (κ3) is 4.10. The van der Waals surface area contributed by atoms with Gasteiger partial charge in [-0.3, -0.25) is 9.69 Å². The van der Waals surface area contributed by atoms with Gasteiger partial charge < -0.3 is 10.1 Å². The average molecular weight is 228 g/mol. The number of carbonyl (C=O) groups excluding carboxylic acids is 1. The summed E-state index contributed by atoms with van der Waals surface area (Å²) < 4.78 is 4.97. The number of esters is 1. The van der Waals surface area contributed by atoms with Crippen LogP contribution in [0.15, 0.2) is 0 Å². The Kier molecular flexibility index (Phi) is 5.77. The van der Waals surface area contributed by atoms with Crippen molar-refractivity contribution in [3.8, 4) is 0 Å². The standard InChI is InChI=1S/C12H24N2O2/c1-4-16-12(15)7-10(2)14-6-5-11(9-14)8-13-3/h10-11,13H,4-9H2,1-3H3. The Balaban J connectivity index is 2.27. The minimum absolute atomic E-state index is 0.0768. The normalized spacial score (nSPS) is 23.3. The molecule has 0 spiro atoms. The average Bonchev–Trinajstić information content (AvgIpc) is 2.67. The second-order valence-corrected chi connectivity index (χ2v) is 4.57. The van der Waals surface area contributed by atoms with Crippen molar-refractivity contribution < 1.29 is 9.53 Å². The zero-order valence-corrected chi connectivity index (χ0v) is 10.7. The molecule has 0 radical (unpaired) electrons. The van der Waals surface area contributed by atoms with Crippen molar-refractivity contribution in [3.05, 3.63) is 0 Å². The number of nitrogens with zero attached hydrogens (tertiary/aromatic N) is 1. The van der Waals surface area contributed by atoms with Crippen LogP contribution in [0.2, 0.25) is 0 Å². The summed E-state index contributed by atoms with van der Waals surface area (Å²) in [6.07, 6.45) is 1.74. The number of carbonyl (C=O) groups is 1. The van der Waals surface area contributed by atoms with Crippen LogP contribution in [0, 0.1) is 5.92 Å². The van der Waals surface area contributed by atoms with E-state index in [1.807, 2.05) is 14.0 Å². The molecule has 0 saturated carbocycles. The molecule has 0 aliphatic carbocycles. The molecule has 0 aromatic rings. The van der Waals surface area contributed by atoms with E-state index in [9.17, 15) is 4.79 Å². The van der Waals surface area contributed by atoms with Crippen molar-refractivity contribution in [2.24, 2.45) is 5.92 Å². The SMILES string of the molecule is CCOC(=O)CC(C)N1CCC(CNC)C1. The molecule has 0 aromatic heterocycles. The van der Waals surface area contributed by atoms with Crippen LogP contribution < -0.4 is 5.32 Å². The lowest BCUT2D eigenvalue weighted by molar-refractivity contribution is -0.144. The number of nitrogens with one attached hydrogen (secondary N) is 1. The molecule has 4 heteroatoms. The minimum Gasteiger partial charge on any atom is -0.466 e. The molecule has 16 heavy (non-hydrogen) atoms. The van der Waals surface area contributed by atoms with Crippen molar-refractivity contribution >= 4 is 5.97 Å². The van der Waals surface area contributed by atoms with Gasteiger partial charge >= 0.3 is 5.97 Å². The maximum absolute atomic E-state index is 11.4. The van der Waals surface area contributed by atoms with Crippen molar-refractivity contribution in [2.45, 2.75) is 32.7 Å². The van der Waals surface area contributed by atoms with E-state index in [1.54, 1.807) is 0 Å². The Hall–Kier alpha value is -0.610. The summed E-state index contributed by atoms with van der Waals surface area (Å²) in [5.74, 6) is 0.654. The first-order valence-corrected chi connectivity index (χ1v) is 6.21. The van der Waals surface area contributed by atoms with Crippen molar-refractivity contribution in [2.75, 3.05) is 33.3 Å². The van der Waals surface area contributed by atoms with E-state index in [0.29, 0.717) is 19.1 Å². The van der Waals surface area contributed by atoms with Crippen molar-refractivity contribution in [3.63, 3.8) is 0 Å². The Morgan fingerprint density at radius 2 is 2.38 bits per heavy atom. The Morgan fingerprint density at radius 1 is 1.62 bits per heavy atom. The fourth-order valence-electron chi connectivity index (χ4n) is 2.31. The molecular weight excluding hydrogens is 204 g/mol. The minimum atomic E-state index is -0.0768. The summed E-state index contributed by atoms with van der Waals surface area (Å²) in [6, 6.07) is 0.306. The molecule has 1 rings (SSSR count). The van der Waals surface area contributed by atoms with Crippen LogP contribution in [0.5, 0.6) is 0 Å². The lowest BCUT2D eigenvalue weighted by Gasteiger charge is -2.23. The predicted octanol–water partition coefficient (Wildman–Crippen LogP) is 0.869. The number of hydrogen-bond acceptors (Lipinski definition) is 4. The highest BCUT2D eigenvalue weighted by Crippen LogP contribution is 2.19. The number of rotatable bonds is 6. The number of hydrogen-bond donors (Lipinski definition) is 1. The highest BCUT2D eigenvalue weighted by molar-refractivity contribution is 5.70. The lowest BCUT2D eigenvalue weighted by atomic mass is 10.1. The molecule has 94 valence electrons. The highest BCUT2D eigenvalue weighted by atomic mass is 16.5. The van der Waals surface area contributed by atoms with E-state index in [-0.39, 0.29) is 5.97 Å². The van der Waals surface area contributed by atoms with Gasteiger partial charge in [0.15, 0.2) is 0 Å². The fourth-order valence-corrected chi connectivity index (χ4v) is 2.31. The van der Waals surface area contributed by atoms with E-state index in [2.05, 4.69) is 17.1 Å². The second-order valence-electron chi connectivity index (χ2n) is 4.57. The molecule has 0 amide bonds. The van der Waals surface area contributed by atoms with Gasteiger partial charge in [0, 0.05) is 12.6 Å². The van der Waals surface area contributed by atoms with Gasteiger partial charge in [-0.1, -0.05) is 0 Å². The van der Waals surface area contributed by atoms with Crippen LogP contribution in [-0.2, 0) is 9.53 Å². The monoisotopic (exact) mass is 228 g/mol. The molecule has 4 nitrogen and oxygen atoms in total. The Labute approximate surface area is 98.3 Å². The van der Waals surface area contributed by atoms with Crippen LogP contribution in [0.3, 0.4) is 0 Å². The third-order valence-electron chi connectivity index (χ3n) is 3.20. The first kappa shape index (κ1) is 13.5. The smallest absolute Gasteiger partial charge is 0.307 e. The van der Waals surface area contributed by atoms with E-state index in [1.165, 1.54) is 6.42 Å². The molecule has 1 N–H and O–H groups in total. The summed E-state index contributed by atoms with van der Waals surface area (Å²) in [4.78, 5) is 13.7. The van der Waals surface area contributed by atoms with Crippen molar-refractivity contribution in [1.82, 2.24) is 10.2 Å². The summed E-state index contributed by atoms with van der Waals surface area (Å²) in [6.45, 7) is 7.71. The van der Waals surface area contributed by atoms with Crippen LogP contribution >= 0.6 is 0 Å². The second kappa shape index (κ2) is 6.86. The molecule has 2 unspecified atom stereocenters. The number of ether oxygens (including phenoxy) is 1. The summed E-state index contributed by atoms with van der Waals surface area (Å²) in [5.41, 5.74) is 0. The lowest BCUT2D eigenvalue weighted by Crippen LogP contribution is -2.34. The van der Waals surface area contributed by atoms with Crippen molar-refractivity contribution in [1.29, 1.82) is 0 Å². The van der Waals surface area contributed by atoms with E-state index >= 15 is 0 Å². The molecule has 2 atom stereocenters. The molecule has 1 heterocycles. The topological polar surface area (TPSA) is 41.6 Å². The third-order valence-corrected chi connectivity index (χ3v) is 3.20. The van der Waals surface area contributed by atoms with Crippen LogP contribution in [0.1, 0.15) is 26.7 Å². The maximum atomic E-state index is 11.4. The van der Waals surface area contributed by atoms with Gasteiger partial charge in [0.2, 0.25) is 0 Å². The van der Waals surface area contributed by atoms with Gasteiger partial charge in [-0.2, -0.15) is 0 Å². The first-order valence-electron chi connectivity index (χ1n) is 6.21. The summed E-state index contributed by atoms with van der Waals surface area (Å²) in [7, 11) is 1.99. The van der Waals surface area contributed by atoms with Gasteiger partial charge in [0.25, 0.3) is 0 Å². The van der Waals surface area contributed by atoms with Gasteiger partial charge in [-0.15, -0.1) is 0 Å². The van der Waals surface area contributed by atoms with E-state index in [0.717, 1.165) is 25.6 Å².